The van der Waals surface area contributed by atoms with Crippen molar-refractivity contribution in [3.05, 3.63) is 0 Å². The van der Waals surface area contributed by atoms with Gasteiger partial charge in [-0.1, -0.05) is 13.8 Å². The second-order valence-corrected chi connectivity index (χ2v) is 7.22. The first-order valence-electron chi connectivity index (χ1n) is 9.46. The first kappa shape index (κ1) is 17.7. The van der Waals surface area contributed by atoms with Crippen LogP contribution in [0.2, 0.25) is 0 Å². The Morgan fingerprint density at radius 1 is 1.09 bits per heavy atom. The quantitative estimate of drug-likeness (QED) is 0.610. The van der Waals surface area contributed by atoms with Crippen LogP contribution in [-0.2, 0) is 4.79 Å². The molecule has 2 rings (SSSR count). The van der Waals surface area contributed by atoms with Crippen molar-refractivity contribution < 1.29 is 4.79 Å². The fraction of sp³-hybridized carbons (Fsp3) is 0.944. The van der Waals surface area contributed by atoms with Crippen LogP contribution in [-0.4, -0.2) is 49.1 Å². The topological polar surface area (TPSA) is 44.4 Å². The lowest BCUT2D eigenvalue weighted by molar-refractivity contribution is -0.122. The SMILES string of the molecule is CCCN(CCC)CCCNC(=O)CC1CC2CCC(C1)N2. The van der Waals surface area contributed by atoms with Crippen molar-refractivity contribution in [3.8, 4) is 0 Å². The molecule has 2 N–H and O–H groups in total. The van der Waals surface area contributed by atoms with Crippen molar-refractivity contribution in [1.82, 2.24) is 15.5 Å². The van der Waals surface area contributed by atoms with Gasteiger partial charge in [0.15, 0.2) is 0 Å². The summed E-state index contributed by atoms with van der Waals surface area (Å²) in [4.78, 5) is 14.6. The van der Waals surface area contributed by atoms with E-state index in [0.717, 1.165) is 25.9 Å². The zero-order valence-corrected chi connectivity index (χ0v) is 14.6. The highest BCUT2D eigenvalue weighted by atomic mass is 16.1. The minimum absolute atomic E-state index is 0.267. The summed E-state index contributed by atoms with van der Waals surface area (Å²) in [7, 11) is 0. The number of nitrogens with zero attached hydrogens (tertiary/aromatic N) is 1. The molecule has 0 aromatic heterocycles. The van der Waals surface area contributed by atoms with E-state index in [4.69, 9.17) is 0 Å². The van der Waals surface area contributed by atoms with E-state index in [9.17, 15) is 4.79 Å². The van der Waals surface area contributed by atoms with Crippen molar-refractivity contribution in [1.29, 1.82) is 0 Å². The zero-order chi connectivity index (χ0) is 15.8. The molecular weight excluding hydrogens is 274 g/mol. The lowest BCUT2D eigenvalue weighted by atomic mass is 9.89. The van der Waals surface area contributed by atoms with Crippen LogP contribution in [0.3, 0.4) is 0 Å². The second kappa shape index (κ2) is 9.51. The minimum Gasteiger partial charge on any atom is -0.356 e. The maximum absolute atomic E-state index is 12.1. The molecule has 128 valence electrons. The van der Waals surface area contributed by atoms with Crippen LogP contribution in [0.1, 0.15) is 65.2 Å². The fourth-order valence-electron chi connectivity index (χ4n) is 4.17. The number of carbonyl (C=O) groups is 1. The van der Waals surface area contributed by atoms with E-state index in [1.807, 2.05) is 0 Å². The Kier molecular flexibility index (Phi) is 7.67. The van der Waals surface area contributed by atoms with Gasteiger partial charge in [-0.25, -0.2) is 0 Å². The monoisotopic (exact) mass is 309 g/mol. The third-order valence-corrected chi connectivity index (χ3v) is 5.10. The standard InChI is InChI=1S/C18H35N3O/c1-3-9-21(10-4-2)11-5-8-19-18(22)14-15-12-16-6-7-17(13-15)20-16/h15-17,20H,3-14H2,1-2H3,(H,19,22). The Morgan fingerprint density at radius 3 is 2.32 bits per heavy atom. The summed E-state index contributed by atoms with van der Waals surface area (Å²) < 4.78 is 0. The predicted octanol–water partition coefficient (Wildman–Crippen LogP) is 2.54. The van der Waals surface area contributed by atoms with Gasteiger partial charge in [0, 0.05) is 25.0 Å². The summed E-state index contributed by atoms with van der Waals surface area (Å²) in [5.74, 6) is 0.874. The first-order chi connectivity index (χ1) is 10.7. The summed E-state index contributed by atoms with van der Waals surface area (Å²) >= 11 is 0. The number of fused-ring (bicyclic) bond motifs is 2. The summed E-state index contributed by atoms with van der Waals surface area (Å²) in [5, 5.41) is 6.78. The van der Waals surface area contributed by atoms with Crippen LogP contribution in [0.15, 0.2) is 0 Å². The molecule has 1 amide bonds. The highest BCUT2D eigenvalue weighted by Crippen LogP contribution is 2.32. The zero-order valence-electron chi connectivity index (χ0n) is 14.6. The van der Waals surface area contributed by atoms with Crippen LogP contribution < -0.4 is 10.6 Å². The van der Waals surface area contributed by atoms with E-state index >= 15 is 0 Å². The van der Waals surface area contributed by atoms with Crippen LogP contribution >= 0.6 is 0 Å². The molecule has 22 heavy (non-hydrogen) atoms. The highest BCUT2D eigenvalue weighted by Gasteiger charge is 2.33. The molecular formula is C18H35N3O. The number of hydrogen-bond donors (Lipinski definition) is 2. The van der Waals surface area contributed by atoms with Gasteiger partial charge in [0.1, 0.15) is 0 Å². The van der Waals surface area contributed by atoms with Crippen LogP contribution in [0.25, 0.3) is 0 Å². The van der Waals surface area contributed by atoms with Gasteiger partial charge < -0.3 is 15.5 Å². The Morgan fingerprint density at radius 2 is 1.73 bits per heavy atom. The number of hydrogen-bond acceptors (Lipinski definition) is 3. The maximum Gasteiger partial charge on any atom is 0.220 e. The van der Waals surface area contributed by atoms with E-state index in [0.29, 0.717) is 18.0 Å². The van der Waals surface area contributed by atoms with Gasteiger partial charge in [0.2, 0.25) is 5.91 Å². The van der Waals surface area contributed by atoms with Crippen LogP contribution in [0.4, 0.5) is 0 Å². The Balaban J connectivity index is 1.55. The summed E-state index contributed by atoms with van der Waals surface area (Å²) in [6.07, 6.45) is 9.26. The van der Waals surface area contributed by atoms with Crippen molar-refractivity contribution in [3.63, 3.8) is 0 Å². The smallest absolute Gasteiger partial charge is 0.220 e. The molecule has 0 saturated carbocycles. The molecule has 0 radical (unpaired) electrons. The van der Waals surface area contributed by atoms with Crippen LogP contribution in [0.5, 0.6) is 0 Å². The normalized spacial score (nSPS) is 27.3. The average Bonchev–Trinajstić information content (AvgIpc) is 2.83. The Bertz CT molecular complexity index is 316. The number of nitrogens with one attached hydrogen (secondary N) is 2. The summed E-state index contributed by atoms with van der Waals surface area (Å²) in [6, 6.07) is 1.38. The number of rotatable bonds is 10. The van der Waals surface area contributed by atoms with Gasteiger partial charge in [-0.3, -0.25) is 4.79 Å². The molecule has 2 bridgehead atoms. The van der Waals surface area contributed by atoms with Gasteiger partial charge in [-0.15, -0.1) is 0 Å². The van der Waals surface area contributed by atoms with E-state index in [2.05, 4.69) is 29.4 Å². The molecule has 2 aliphatic rings. The van der Waals surface area contributed by atoms with Crippen LogP contribution in [0, 0.1) is 5.92 Å². The first-order valence-corrected chi connectivity index (χ1v) is 9.46. The number of piperidine rings is 1. The number of carbonyl (C=O) groups excluding carboxylic acids is 1. The molecule has 0 aromatic rings. The maximum atomic E-state index is 12.1. The van der Waals surface area contributed by atoms with E-state index in [1.54, 1.807) is 0 Å². The molecule has 0 aliphatic carbocycles. The van der Waals surface area contributed by atoms with E-state index in [1.165, 1.54) is 51.6 Å². The van der Waals surface area contributed by atoms with Crippen molar-refractivity contribution in [2.45, 2.75) is 77.3 Å². The van der Waals surface area contributed by atoms with Gasteiger partial charge >= 0.3 is 0 Å². The largest absolute Gasteiger partial charge is 0.356 e. The van der Waals surface area contributed by atoms with Gasteiger partial charge in [-0.2, -0.15) is 0 Å². The lowest BCUT2D eigenvalue weighted by Crippen LogP contribution is -2.40. The summed E-state index contributed by atoms with van der Waals surface area (Å²) in [5.41, 5.74) is 0. The molecule has 0 spiro atoms. The molecule has 2 aliphatic heterocycles. The predicted molar refractivity (Wildman–Crippen MR) is 91.9 cm³/mol. The molecule has 2 unspecified atom stereocenters. The molecule has 4 nitrogen and oxygen atoms in total. The minimum atomic E-state index is 0.267. The average molecular weight is 309 g/mol. The molecule has 2 atom stereocenters. The molecule has 2 heterocycles. The molecule has 2 saturated heterocycles. The van der Waals surface area contributed by atoms with Gasteiger partial charge in [-0.05, 0) is 70.5 Å². The van der Waals surface area contributed by atoms with Crippen molar-refractivity contribution in [2.75, 3.05) is 26.2 Å². The molecule has 0 aromatic carbocycles. The highest BCUT2D eigenvalue weighted by molar-refractivity contribution is 5.76. The Labute approximate surface area is 136 Å². The van der Waals surface area contributed by atoms with Gasteiger partial charge in [0.05, 0.1) is 0 Å². The summed E-state index contributed by atoms with van der Waals surface area (Å²) in [6.45, 7) is 8.77. The molecule has 4 heteroatoms. The van der Waals surface area contributed by atoms with E-state index < -0.39 is 0 Å². The Hall–Kier alpha value is -0.610. The third kappa shape index (κ3) is 5.88. The third-order valence-electron chi connectivity index (χ3n) is 5.10. The lowest BCUT2D eigenvalue weighted by Gasteiger charge is -2.28. The van der Waals surface area contributed by atoms with Gasteiger partial charge in [0.25, 0.3) is 0 Å². The second-order valence-electron chi connectivity index (χ2n) is 7.22. The van der Waals surface area contributed by atoms with Crippen molar-refractivity contribution in [2.24, 2.45) is 5.92 Å². The van der Waals surface area contributed by atoms with E-state index in [-0.39, 0.29) is 5.91 Å². The molecule has 2 fully saturated rings. The fourth-order valence-corrected chi connectivity index (χ4v) is 4.17. The number of amides is 1. The van der Waals surface area contributed by atoms with Crippen molar-refractivity contribution >= 4 is 5.91 Å².